The average Bonchev–Trinajstić information content (AvgIpc) is 3.11. The summed E-state index contributed by atoms with van der Waals surface area (Å²) < 4.78 is 12.9. The van der Waals surface area contributed by atoms with Crippen LogP contribution in [-0.2, 0) is 11.3 Å². The van der Waals surface area contributed by atoms with Gasteiger partial charge in [-0.05, 0) is 87.5 Å². The van der Waals surface area contributed by atoms with Crippen molar-refractivity contribution in [3.63, 3.8) is 0 Å². The Kier molecular flexibility index (Phi) is 13.6. The van der Waals surface area contributed by atoms with Crippen LogP contribution in [0.15, 0.2) is 78.9 Å². The molecule has 5 rings (SSSR count). The molecule has 272 valence electrons. The summed E-state index contributed by atoms with van der Waals surface area (Å²) in [6.45, 7) is 7.84. The Morgan fingerprint density at radius 2 is 1.78 bits per heavy atom. The molecule has 4 aromatic carbocycles. The summed E-state index contributed by atoms with van der Waals surface area (Å²) in [5, 5.41) is 19.1. The monoisotopic (exact) mass is 734 g/mol. The Bertz CT molecular complexity index is 1800. The van der Waals surface area contributed by atoms with E-state index in [0.29, 0.717) is 59.0 Å². The van der Waals surface area contributed by atoms with Gasteiger partial charge in [0.2, 0.25) is 0 Å². The lowest BCUT2D eigenvalue weighted by Crippen LogP contribution is -2.47. The number of aliphatic hydroxyl groups excluding tert-OH is 1. The molecule has 0 saturated carbocycles. The van der Waals surface area contributed by atoms with E-state index in [9.17, 15) is 14.7 Å². The first-order valence-electron chi connectivity index (χ1n) is 17.5. The predicted octanol–water partition coefficient (Wildman–Crippen LogP) is 8.72. The fraction of sp³-hybridized carbons (Fsp3) is 0.400. The first-order valence-corrected chi connectivity index (χ1v) is 18.3. The molecule has 0 bridgehead atoms. The zero-order chi connectivity index (χ0) is 36.5. The summed E-state index contributed by atoms with van der Waals surface area (Å²) in [6.07, 6.45) is 2.18. The number of urea groups is 1. The van der Waals surface area contributed by atoms with E-state index >= 15 is 0 Å². The Labute approximate surface area is 310 Å². The van der Waals surface area contributed by atoms with Crippen LogP contribution in [0.2, 0.25) is 10.0 Å². The maximum atomic E-state index is 14.5. The minimum absolute atomic E-state index is 0.0850. The first-order chi connectivity index (χ1) is 24.5. The Hall–Kier alpha value is -3.86. The van der Waals surface area contributed by atoms with Gasteiger partial charge < -0.3 is 30.1 Å². The number of hydrogen-bond donors (Lipinski definition) is 3. The smallest absolute Gasteiger partial charge is 0.323 e. The van der Waals surface area contributed by atoms with Crippen molar-refractivity contribution >= 4 is 57.3 Å². The highest BCUT2D eigenvalue weighted by Crippen LogP contribution is 2.30. The van der Waals surface area contributed by atoms with E-state index in [2.05, 4.69) is 22.5 Å². The second-order valence-corrected chi connectivity index (χ2v) is 14.4. The fourth-order valence-corrected chi connectivity index (χ4v) is 6.72. The molecular formula is C40H48Cl2N4O5. The number of benzene rings is 4. The zero-order valence-corrected chi connectivity index (χ0v) is 31.2. The van der Waals surface area contributed by atoms with Crippen molar-refractivity contribution in [3.05, 3.63) is 100 Å². The molecule has 1 aliphatic heterocycles. The molecule has 0 aliphatic carbocycles. The van der Waals surface area contributed by atoms with Gasteiger partial charge in [-0.3, -0.25) is 9.69 Å². The summed E-state index contributed by atoms with van der Waals surface area (Å²) >= 11 is 12.4. The maximum absolute atomic E-state index is 14.5. The van der Waals surface area contributed by atoms with Crippen molar-refractivity contribution < 1.29 is 24.2 Å². The molecule has 9 nitrogen and oxygen atoms in total. The van der Waals surface area contributed by atoms with Crippen molar-refractivity contribution in [1.82, 2.24) is 9.80 Å². The van der Waals surface area contributed by atoms with Gasteiger partial charge in [0, 0.05) is 43.2 Å². The van der Waals surface area contributed by atoms with Crippen LogP contribution >= 0.6 is 23.2 Å². The number of amides is 3. The number of carbonyl (C=O) groups is 2. The molecule has 3 N–H and O–H groups in total. The third kappa shape index (κ3) is 10.4. The van der Waals surface area contributed by atoms with E-state index in [0.717, 1.165) is 35.6 Å². The van der Waals surface area contributed by atoms with E-state index in [1.807, 2.05) is 75.5 Å². The van der Waals surface area contributed by atoms with Crippen LogP contribution < -0.4 is 15.4 Å². The van der Waals surface area contributed by atoms with E-state index in [4.69, 9.17) is 32.7 Å². The molecule has 4 aromatic rings. The highest BCUT2D eigenvalue weighted by molar-refractivity contribution is 6.42. The van der Waals surface area contributed by atoms with Crippen molar-refractivity contribution in [2.75, 3.05) is 44.0 Å². The summed E-state index contributed by atoms with van der Waals surface area (Å²) in [4.78, 5) is 31.6. The molecule has 1 heterocycles. The van der Waals surface area contributed by atoms with Gasteiger partial charge >= 0.3 is 6.03 Å². The Balaban J connectivity index is 1.38. The Morgan fingerprint density at radius 3 is 2.57 bits per heavy atom. The van der Waals surface area contributed by atoms with Gasteiger partial charge in [-0.15, -0.1) is 0 Å². The van der Waals surface area contributed by atoms with Crippen LogP contribution in [0.3, 0.4) is 0 Å². The summed E-state index contributed by atoms with van der Waals surface area (Å²) in [6, 6.07) is 23.4. The van der Waals surface area contributed by atoms with Crippen molar-refractivity contribution in [3.8, 4) is 5.75 Å². The lowest BCUT2D eigenvalue weighted by molar-refractivity contribution is -0.0177. The van der Waals surface area contributed by atoms with Crippen LogP contribution in [0.4, 0.5) is 16.2 Å². The molecule has 0 aromatic heterocycles. The third-order valence-electron chi connectivity index (χ3n) is 9.28. The number of nitrogens with zero attached hydrogens (tertiary/aromatic N) is 2. The van der Waals surface area contributed by atoms with Crippen LogP contribution in [0.25, 0.3) is 10.8 Å². The van der Waals surface area contributed by atoms with Gasteiger partial charge in [0.25, 0.3) is 5.91 Å². The molecule has 11 heteroatoms. The minimum Gasteiger partial charge on any atom is -0.490 e. The number of halogens is 2. The average molecular weight is 736 g/mol. The number of ether oxygens (including phenoxy) is 2. The van der Waals surface area contributed by atoms with Crippen molar-refractivity contribution in [2.24, 2.45) is 5.92 Å². The largest absolute Gasteiger partial charge is 0.490 e. The highest BCUT2D eigenvalue weighted by Gasteiger charge is 2.30. The summed E-state index contributed by atoms with van der Waals surface area (Å²) in [7, 11) is 2.03. The number of fused-ring (bicyclic) bond motifs is 2. The normalized spacial score (nSPS) is 19.6. The fourth-order valence-electron chi connectivity index (χ4n) is 6.40. The van der Waals surface area contributed by atoms with Crippen molar-refractivity contribution in [1.29, 1.82) is 0 Å². The van der Waals surface area contributed by atoms with Gasteiger partial charge in [-0.25, -0.2) is 4.79 Å². The summed E-state index contributed by atoms with van der Waals surface area (Å²) in [5.74, 6) is 0.0448. The third-order valence-corrected chi connectivity index (χ3v) is 10.0. The van der Waals surface area contributed by atoms with Crippen molar-refractivity contribution in [2.45, 2.75) is 64.8 Å². The van der Waals surface area contributed by atoms with E-state index in [-0.39, 0.29) is 30.6 Å². The SMILES string of the molecule is C[C@@H]1CCCCO[C@@H](CN(C)Cc2ccc(Cl)c(Cl)c2)[C@@H](C)CN([C@H](C)CO)C(=O)c2cc(NC(=O)Nc3cccc4ccccc34)ccc2O1. The minimum atomic E-state index is -0.487. The first kappa shape index (κ1) is 38.4. The molecule has 0 saturated heterocycles. The number of likely N-dealkylation sites (N-methyl/N-ethyl adjacent to an activating group) is 1. The van der Waals surface area contributed by atoms with Gasteiger partial charge in [-0.1, -0.05) is 72.6 Å². The number of carbonyl (C=O) groups excluding carboxylic acids is 2. The lowest BCUT2D eigenvalue weighted by atomic mass is 10.0. The van der Waals surface area contributed by atoms with Gasteiger partial charge in [-0.2, -0.15) is 0 Å². The van der Waals surface area contributed by atoms with Crippen LogP contribution in [0.1, 0.15) is 56.0 Å². The van der Waals surface area contributed by atoms with Gasteiger partial charge in [0.15, 0.2) is 0 Å². The molecule has 51 heavy (non-hydrogen) atoms. The van der Waals surface area contributed by atoms with Crippen LogP contribution in [0.5, 0.6) is 5.75 Å². The topological polar surface area (TPSA) is 103 Å². The number of anilines is 2. The number of rotatable bonds is 8. The van der Waals surface area contributed by atoms with E-state index < -0.39 is 12.1 Å². The maximum Gasteiger partial charge on any atom is 0.323 e. The molecular weight excluding hydrogens is 687 g/mol. The van der Waals surface area contributed by atoms with Crippen LogP contribution in [0, 0.1) is 5.92 Å². The number of nitrogens with one attached hydrogen (secondary N) is 2. The quantitative estimate of drug-likeness (QED) is 0.167. The molecule has 0 fully saturated rings. The van der Waals surface area contributed by atoms with Crippen LogP contribution in [-0.4, -0.2) is 78.4 Å². The highest BCUT2D eigenvalue weighted by atomic mass is 35.5. The molecule has 1 aliphatic rings. The second kappa shape index (κ2) is 18.1. The lowest BCUT2D eigenvalue weighted by Gasteiger charge is -2.36. The number of aliphatic hydroxyl groups is 1. The van der Waals surface area contributed by atoms with Gasteiger partial charge in [0.1, 0.15) is 5.75 Å². The molecule has 4 atom stereocenters. The van der Waals surface area contributed by atoms with E-state index in [1.165, 1.54) is 0 Å². The predicted molar refractivity (Wildman–Crippen MR) is 206 cm³/mol. The second-order valence-electron chi connectivity index (χ2n) is 13.6. The Morgan fingerprint density at radius 1 is 1.00 bits per heavy atom. The van der Waals surface area contributed by atoms with E-state index in [1.54, 1.807) is 29.2 Å². The molecule has 0 spiro atoms. The zero-order valence-electron chi connectivity index (χ0n) is 29.7. The molecule has 3 amide bonds. The molecule has 0 unspecified atom stereocenters. The summed E-state index contributed by atoms with van der Waals surface area (Å²) in [5.41, 5.74) is 2.45. The standard InChI is InChI=1S/C40H48Cl2N4O5/c1-26-22-46(27(2)25-47)39(48)33-21-31(43-40(49)44-36-14-9-12-30-11-5-6-13-32(30)36)16-18-37(33)51-28(3)10-7-8-19-50-38(26)24-45(4)23-29-15-17-34(41)35(42)20-29/h5-6,9,11-18,20-21,26-28,38,47H,7-8,10,19,22-25H2,1-4H3,(H2,43,44,49)/t26-,27+,28+,38-/m0/s1. The number of hydrogen-bond acceptors (Lipinski definition) is 6. The molecule has 0 radical (unpaired) electrons. The van der Waals surface area contributed by atoms with Gasteiger partial charge in [0.05, 0.1) is 46.2 Å².